The Morgan fingerprint density at radius 1 is 1.21 bits per heavy atom. The molecule has 0 radical (unpaired) electrons. The summed E-state index contributed by atoms with van der Waals surface area (Å²) in [6.07, 6.45) is 1.90. The smallest absolute Gasteiger partial charge is 0.233 e. The number of hydrogen-bond acceptors (Lipinski definition) is 6. The van der Waals surface area contributed by atoms with Crippen LogP contribution in [0.4, 0.5) is 0 Å². The van der Waals surface area contributed by atoms with Crippen molar-refractivity contribution in [1.82, 2.24) is 25.2 Å². The van der Waals surface area contributed by atoms with Gasteiger partial charge in [0.15, 0.2) is 0 Å². The van der Waals surface area contributed by atoms with Crippen LogP contribution in [0.1, 0.15) is 5.69 Å². The van der Waals surface area contributed by atoms with Gasteiger partial charge in [0.1, 0.15) is 5.69 Å². The second-order valence-corrected chi connectivity index (χ2v) is 4.79. The molecule has 0 amide bonds. The third-order valence-electron chi connectivity index (χ3n) is 2.54. The molecule has 0 spiro atoms. The van der Waals surface area contributed by atoms with E-state index in [9.17, 15) is 0 Å². The summed E-state index contributed by atoms with van der Waals surface area (Å²) in [4.78, 5) is 1.10. The third kappa shape index (κ3) is 2.60. The van der Waals surface area contributed by atoms with Crippen LogP contribution in [0.2, 0.25) is 0 Å². The summed E-state index contributed by atoms with van der Waals surface area (Å²) in [7, 11) is 1.56. The van der Waals surface area contributed by atoms with Crippen LogP contribution in [0.15, 0.2) is 35.8 Å². The Kier molecular flexibility index (Phi) is 3.20. The molecule has 0 unspecified atom stereocenters. The van der Waals surface area contributed by atoms with Gasteiger partial charge >= 0.3 is 0 Å². The molecule has 96 valence electrons. The van der Waals surface area contributed by atoms with E-state index in [1.807, 2.05) is 29.8 Å². The van der Waals surface area contributed by atoms with E-state index in [0.29, 0.717) is 12.4 Å². The first-order valence-electron chi connectivity index (χ1n) is 5.66. The lowest BCUT2D eigenvalue weighted by Crippen LogP contribution is -2.04. The third-order valence-corrected chi connectivity index (χ3v) is 3.43. The molecule has 19 heavy (non-hydrogen) atoms. The maximum atomic E-state index is 4.97. The molecule has 7 heteroatoms. The van der Waals surface area contributed by atoms with E-state index in [2.05, 4.69) is 20.5 Å². The van der Waals surface area contributed by atoms with Crippen molar-refractivity contribution in [3.63, 3.8) is 0 Å². The highest BCUT2D eigenvalue weighted by atomic mass is 32.1. The molecule has 0 N–H and O–H groups in total. The van der Waals surface area contributed by atoms with E-state index in [1.54, 1.807) is 29.2 Å². The second-order valence-electron chi connectivity index (χ2n) is 3.85. The van der Waals surface area contributed by atoms with Gasteiger partial charge in [-0.15, -0.1) is 26.6 Å². The minimum atomic E-state index is 0.501. The lowest BCUT2D eigenvalue weighted by atomic mass is 10.3. The van der Waals surface area contributed by atoms with E-state index in [-0.39, 0.29) is 0 Å². The van der Waals surface area contributed by atoms with E-state index < -0.39 is 0 Å². The molecule has 0 aliphatic carbocycles. The van der Waals surface area contributed by atoms with E-state index in [4.69, 9.17) is 4.74 Å². The lowest BCUT2D eigenvalue weighted by Gasteiger charge is -2.00. The van der Waals surface area contributed by atoms with Gasteiger partial charge in [-0.1, -0.05) is 11.3 Å². The number of nitrogens with zero attached hydrogens (tertiary/aromatic N) is 5. The highest BCUT2D eigenvalue weighted by Crippen LogP contribution is 2.21. The number of aromatic nitrogens is 5. The zero-order chi connectivity index (χ0) is 13.1. The molecule has 0 saturated heterocycles. The molecule has 3 rings (SSSR count). The van der Waals surface area contributed by atoms with Crippen molar-refractivity contribution in [2.24, 2.45) is 0 Å². The Morgan fingerprint density at radius 3 is 2.84 bits per heavy atom. The fourth-order valence-corrected chi connectivity index (χ4v) is 2.29. The van der Waals surface area contributed by atoms with Crippen molar-refractivity contribution in [1.29, 1.82) is 0 Å². The summed E-state index contributed by atoms with van der Waals surface area (Å²) in [6, 6.07) is 7.65. The molecule has 0 atom stereocenters. The molecule has 6 nitrogen and oxygen atoms in total. The fraction of sp³-hybridized carbons (Fsp3) is 0.167. The van der Waals surface area contributed by atoms with Gasteiger partial charge in [-0.25, -0.2) is 4.68 Å². The van der Waals surface area contributed by atoms with Crippen LogP contribution in [0.5, 0.6) is 5.88 Å². The Balaban J connectivity index is 1.76. The number of rotatable bonds is 4. The molecule has 0 aliphatic heterocycles. The van der Waals surface area contributed by atoms with Crippen molar-refractivity contribution in [2.75, 3.05) is 7.11 Å². The minimum Gasteiger partial charge on any atom is -0.480 e. The van der Waals surface area contributed by atoms with Gasteiger partial charge in [0.2, 0.25) is 5.88 Å². The van der Waals surface area contributed by atoms with Crippen molar-refractivity contribution < 1.29 is 4.74 Å². The summed E-state index contributed by atoms with van der Waals surface area (Å²) in [5.74, 6) is 0.501. The predicted octanol–water partition coefficient (Wildman–Crippen LogP) is 1.85. The van der Waals surface area contributed by atoms with Crippen molar-refractivity contribution in [3.8, 4) is 16.5 Å². The summed E-state index contributed by atoms with van der Waals surface area (Å²) >= 11 is 1.64. The first-order valence-corrected chi connectivity index (χ1v) is 6.54. The van der Waals surface area contributed by atoms with Gasteiger partial charge in [0.25, 0.3) is 0 Å². The highest BCUT2D eigenvalue weighted by Gasteiger charge is 2.06. The van der Waals surface area contributed by atoms with E-state index in [0.717, 1.165) is 16.3 Å². The predicted molar refractivity (Wildman–Crippen MR) is 71.0 cm³/mol. The van der Waals surface area contributed by atoms with Crippen molar-refractivity contribution in [2.45, 2.75) is 6.54 Å². The van der Waals surface area contributed by atoms with Gasteiger partial charge in [0, 0.05) is 6.07 Å². The van der Waals surface area contributed by atoms with Crippen LogP contribution >= 0.6 is 11.3 Å². The van der Waals surface area contributed by atoms with E-state index >= 15 is 0 Å². The maximum absolute atomic E-state index is 4.97. The average Bonchev–Trinajstić information content (AvgIpc) is 3.10. The van der Waals surface area contributed by atoms with Gasteiger partial charge in [0.05, 0.1) is 30.4 Å². The Morgan fingerprint density at radius 2 is 2.16 bits per heavy atom. The second kappa shape index (κ2) is 5.15. The number of thiophene rings is 1. The summed E-state index contributed by atoms with van der Waals surface area (Å²) in [5.41, 5.74) is 1.68. The molecular formula is C12H11N5OS. The Labute approximate surface area is 113 Å². The summed E-state index contributed by atoms with van der Waals surface area (Å²) < 4.78 is 6.71. The Bertz CT molecular complexity index is 647. The average molecular weight is 273 g/mol. The van der Waals surface area contributed by atoms with Crippen molar-refractivity contribution in [3.05, 3.63) is 41.5 Å². The van der Waals surface area contributed by atoms with E-state index in [1.165, 1.54) is 0 Å². The fourth-order valence-electron chi connectivity index (χ4n) is 1.62. The van der Waals surface area contributed by atoms with Crippen molar-refractivity contribution >= 4 is 11.3 Å². The zero-order valence-corrected chi connectivity index (χ0v) is 11.0. The molecule has 3 heterocycles. The quantitative estimate of drug-likeness (QED) is 0.726. The van der Waals surface area contributed by atoms with Crippen LogP contribution in [-0.4, -0.2) is 32.3 Å². The zero-order valence-electron chi connectivity index (χ0n) is 10.2. The Hall–Kier alpha value is -2.28. The molecule has 0 aromatic carbocycles. The molecular weight excluding hydrogens is 262 g/mol. The van der Waals surface area contributed by atoms with Gasteiger partial charge < -0.3 is 4.74 Å². The standard InChI is InChI=1S/C12H11N5OS/c1-18-12-5-4-9(13-15-12)7-17-8-10(14-16-17)11-3-2-6-19-11/h2-6,8H,7H2,1H3. The van der Waals surface area contributed by atoms with Gasteiger partial charge in [-0.05, 0) is 17.5 Å². The number of methoxy groups -OCH3 is 1. The van der Waals surface area contributed by atoms with Crippen LogP contribution in [-0.2, 0) is 6.54 Å². The van der Waals surface area contributed by atoms with Crippen LogP contribution < -0.4 is 4.74 Å². The maximum Gasteiger partial charge on any atom is 0.233 e. The molecule has 3 aromatic rings. The summed E-state index contributed by atoms with van der Waals surface area (Å²) in [6.45, 7) is 0.537. The lowest BCUT2D eigenvalue weighted by molar-refractivity contribution is 0.390. The first kappa shape index (κ1) is 11.8. The SMILES string of the molecule is COc1ccc(Cn2cc(-c3cccs3)nn2)nn1. The van der Waals surface area contributed by atoms with Gasteiger partial charge in [-0.2, -0.15) is 0 Å². The molecule has 0 aliphatic rings. The minimum absolute atomic E-state index is 0.501. The molecule has 0 fully saturated rings. The molecule has 3 aromatic heterocycles. The topological polar surface area (TPSA) is 65.7 Å². The monoisotopic (exact) mass is 273 g/mol. The normalized spacial score (nSPS) is 10.6. The summed E-state index contributed by atoms with van der Waals surface area (Å²) in [5, 5.41) is 18.2. The van der Waals surface area contributed by atoms with Crippen LogP contribution in [0.3, 0.4) is 0 Å². The van der Waals surface area contributed by atoms with Crippen LogP contribution in [0.25, 0.3) is 10.6 Å². The van der Waals surface area contributed by atoms with Crippen LogP contribution in [0, 0.1) is 0 Å². The largest absolute Gasteiger partial charge is 0.480 e. The highest BCUT2D eigenvalue weighted by molar-refractivity contribution is 7.13. The number of hydrogen-bond donors (Lipinski definition) is 0. The molecule has 0 bridgehead atoms. The van der Waals surface area contributed by atoms with Gasteiger partial charge in [-0.3, -0.25) is 0 Å². The molecule has 0 saturated carbocycles. The first-order chi connectivity index (χ1) is 9.35. The number of ether oxygens (including phenoxy) is 1.